The van der Waals surface area contributed by atoms with Crippen LogP contribution in [0.15, 0.2) is 80.0 Å². The molecule has 5 aromatic rings. The Bertz CT molecular complexity index is 1600. The first-order valence-corrected chi connectivity index (χ1v) is 11.6. The summed E-state index contributed by atoms with van der Waals surface area (Å²) in [5, 5.41) is 8.29. The first kappa shape index (κ1) is 23.7. The molecule has 37 heavy (non-hydrogen) atoms. The summed E-state index contributed by atoms with van der Waals surface area (Å²) < 4.78 is 13.6. The molecule has 0 saturated heterocycles. The van der Waals surface area contributed by atoms with Crippen molar-refractivity contribution in [2.45, 2.75) is 6.92 Å². The first-order valence-electron chi connectivity index (χ1n) is 11.6. The van der Waals surface area contributed by atoms with Gasteiger partial charge in [-0.3, -0.25) is 4.79 Å². The highest BCUT2D eigenvalue weighted by Crippen LogP contribution is 2.31. The largest absolute Gasteiger partial charge is 0.492 e. The van der Waals surface area contributed by atoms with Crippen LogP contribution < -0.4 is 14.8 Å². The van der Waals surface area contributed by atoms with E-state index in [2.05, 4.69) is 31.9 Å². The SMILES string of the molecule is C=CC(=O)N(C)CCOc1ccc2ncnc(Nc3ccc(Oc4ccn5ncnc5c4)c(C)c3)c2c1. The number of pyridine rings is 1. The molecule has 0 atom stereocenters. The van der Waals surface area contributed by atoms with Crippen LogP contribution in [-0.4, -0.2) is 55.6 Å². The maximum atomic E-state index is 11.6. The second-order valence-corrected chi connectivity index (χ2v) is 8.35. The lowest BCUT2D eigenvalue weighted by Gasteiger charge is -2.16. The van der Waals surface area contributed by atoms with E-state index in [9.17, 15) is 4.79 Å². The smallest absolute Gasteiger partial charge is 0.245 e. The molecule has 0 fully saturated rings. The van der Waals surface area contributed by atoms with Gasteiger partial charge >= 0.3 is 0 Å². The van der Waals surface area contributed by atoms with Gasteiger partial charge in [0.25, 0.3) is 0 Å². The van der Waals surface area contributed by atoms with Crippen molar-refractivity contribution >= 4 is 34.0 Å². The van der Waals surface area contributed by atoms with Gasteiger partial charge in [-0.05, 0) is 61.0 Å². The van der Waals surface area contributed by atoms with Crippen molar-refractivity contribution in [3.05, 3.63) is 85.6 Å². The van der Waals surface area contributed by atoms with Gasteiger partial charge in [0, 0.05) is 30.4 Å². The van der Waals surface area contributed by atoms with Crippen LogP contribution in [0.2, 0.25) is 0 Å². The zero-order valence-electron chi connectivity index (χ0n) is 20.5. The van der Waals surface area contributed by atoms with Crippen LogP contribution in [0.5, 0.6) is 17.2 Å². The van der Waals surface area contributed by atoms with E-state index in [-0.39, 0.29) is 5.91 Å². The van der Waals surface area contributed by atoms with Gasteiger partial charge in [-0.25, -0.2) is 19.5 Å². The van der Waals surface area contributed by atoms with Gasteiger partial charge in [-0.15, -0.1) is 0 Å². The number of amides is 1. The van der Waals surface area contributed by atoms with Gasteiger partial charge in [0.05, 0.1) is 12.1 Å². The number of hydrogen-bond acceptors (Lipinski definition) is 8. The van der Waals surface area contributed by atoms with Crippen LogP contribution in [0.3, 0.4) is 0 Å². The number of aromatic nitrogens is 5. The van der Waals surface area contributed by atoms with Crippen molar-refractivity contribution in [1.29, 1.82) is 0 Å². The fourth-order valence-electron chi connectivity index (χ4n) is 3.76. The number of likely N-dealkylation sites (N-methyl/N-ethyl adjacent to an activating group) is 1. The minimum Gasteiger partial charge on any atom is -0.492 e. The van der Waals surface area contributed by atoms with E-state index in [4.69, 9.17) is 9.47 Å². The predicted molar refractivity (Wildman–Crippen MR) is 140 cm³/mol. The second-order valence-electron chi connectivity index (χ2n) is 8.35. The average Bonchev–Trinajstić information content (AvgIpc) is 3.38. The topological polar surface area (TPSA) is 107 Å². The number of hydrogen-bond donors (Lipinski definition) is 1. The Morgan fingerprint density at radius 2 is 1.97 bits per heavy atom. The zero-order chi connectivity index (χ0) is 25.8. The van der Waals surface area contributed by atoms with Crippen molar-refractivity contribution in [2.24, 2.45) is 0 Å². The molecule has 1 amide bonds. The average molecular weight is 496 g/mol. The van der Waals surface area contributed by atoms with Crippen LogP contribution in [0.4, 0.5) is 11.5 Å². The third kappa shape index (κ3) is 5.32. The highest BCUT2D eigenvalue weighted by molar-refractivity contribution is 5.91. The van der Waals surface area contributed by atoms with E-state index in [0.717, 1.165) is 27.9 Å². The Balaban J connectivity index is 1.31. The van der Waals surface area contributed by atoms with Crippen LogP contribution in [0.1, 0.15) is 5.56 Å². The molecule has 10 heteroatoms. The first-order chi connectivity index (χ1) is 18.0. The van der Waals surface area contributed by atoms with Gasteiger partial charge < -0.3 is 19.7 Å². The quantitative estimate of drug-likeness (QED) is 0.297. The monoisotopic (exact) mass is 495 g/mol. The summed E-state index contributed by atoms with van der Waals surface area (Å²) in [5.74, 6) is 2.58. The molecule has 0 saturated carbocycles. The minimum atomic E-state index is -0.148. The van der Waals surface area contributed by atoms with Crippen molar-refractivity contribution in [2.75, 3.05) is 25.5 Å². The molecule has 3 heterocycles. The standard InChI is InChI=1S/C27H25N7O3/c1-4-26(35)33(3)11-12-36-20-6-7-23-22(14-20)27(30-16-28-23)32-19-5-8-24(18(2)13-19)37-21-9-10-34-25(15-21)29-17-31-34/h4-10,13-17H,1,11-12H2,2-3H3,(H,28,30,32). The van der Waals surface area contributed by atoms with E-state index in [1.54, 1.807) is 22.7 Å². The van der Waals surface area contributed by atoms with Gasteiger partial charge in [0.1, 0.15) is 42.3 Å². The van der Waals surface area contributed by atoms with Crippen molar-refractivity contribution in [1.82, 2.24) is 29.5 Å². The molecule has 0 spiro atoms. The zero-order valence-corrected chi connectivity index (χ0v) is 20.5. The summed E-state index contributed by atoms with van der Waals surface area (Å²) in [4.78, 5) is 26.2. The Morgan fingerprint density at radius 1 is 1.08 bits per heavy atom. The number of nitrogens with zero attached hydrogens (tertiary/aromatic N) is 6. The highest BCUT2D eigenvalue weighted by atomic mass is 16.5. The number of nitrogens with one attached hydrogen (secondary N) is 1. The Kier molecular flexibility index (Phi) is 6.62. The van der Waals surface area contributed by atoms with Crippen LogP contribution in [-0.2, 0) is 4.79 Å². The van der Waals surface area contributed by atoms with Crippen LogP contribution in [0.25, 0.3) is 16.6 Å². The molecule has 0 aliphatic carbocycles. The lowest BCUT2D eigenvalue weighted by Crippen LogP contribution is -2.29. The number of rotatable bonds is 9. The summed E-state index contributed by atoms with van der Waals surface area (Å²) >= 11 is 0. The fourth-order valence-corrected chi connectivity index (χ4v) is 3.76. The third-order valence-electron chi connectivity index (χ3n) is 5.77. The minimum absolute atomic E-state index is 0.148. The molecular weight excluding hydrogens is 470 g/mol. The van der Waals surface area contributed by atoms with Gasteiger partial charge in [0.15, 0.2) is 5.65 Å². The Hall–Kier alpha value is -4.99. The summed E-state index contributed by atoms with van der Waals surface area (Å²) in [7, 11) is 1.71. The van der Waals surface area contributed by atoms with Gasteiger partial charge in [-0.2, -0.15) is 5.10 Å². The van der Waals surface area contributed by atoms with E-state index in [1.165, 1.54) is 18.7 Å². The molecule has 0 aliphatic rings. The molecule has 5 rings (SSSR count). The third-order valence-corrected chi connectivity index (χ3v) is 5.77. The summed E-state index contributed by atoms with van der Waals surface area (Å²) in [5.41, 5.74) is 3.30. The molecular formula is C27H25N7O3. The molecule has 0 radical (unpaired) electrons. The number of aryl methyl sites for hydroxylation is 1. The second kappa shape index (κ2) is 10.3. The van der Waals surface area contributed by atoms with Crippen LogP contribution in [0, 0.1) is 6.92 Å². The summed E-state index contributed by atoms with van der Waals surface area (Å²) in [6, 6.07) is 15.1. The van der Waals surface area contributed by atoms with E-state index >= 15 is 0 Å². The maximum absolute atomic E-state index is 11.6. The molecule has 3 aromatic heterocycles. The number of ether oxygens (including phenoxy) is 2. The number of benzene rings is 2. The summed E-state index contributed by atoms with van der Waals surface area (Å²) in [6.45, 7) is 6.27. The lowest BCUT2D eigenvalue weighted by atomic mass is 10.2. The molecule has 186 valence electrons. The molecule has 0 aliphatic heterocycles. The highest BCUT2D eigenvalue weighted by Gasteiger charge is 2.10. The maximum Gasteiger partial charge on any atom is 0.245 e. The van der Waals surface area contributed by atoms with Gasteiger partial charge in [-0.1, -0.05) is 6.58 Å². The Labute approximate surface area is 213 Å². The molecule has 1 N–H and O–H groups in total. The van der Waals surface area contributed by atoms with E-state index in [1.807, 2.05) is 55.5 Å². The normalized spacial score (nSPS) is 10.9. The molecule has 10 nitrogen and oxygen atoms in total. The molecule has 0 unspecified atom stereocenters. The Morgan fingerprint density at radius 3 is 2.81 bits per heavy atom. The number of carbonyl (C=O) groups is 1. The van der Waals surface area contributed by atoms with Gasteiger partial charge in [0.2, 0.25) is 5.91 Å². The predicted octanol–water partition coefficient (Wildman–Crippen LogP) is 4.54. The lowest BCUT2D eigenvalue weighted by molar-refractivity contribution is -0.125. The fraction of sp³-hybridized carbons (Fsp3) is 0.148. The number of anilines is 2. The van der Waals surface area contributed by atoms with Crippen molar-refractivity contribution < 1.29 is 14.3 Å². The van der Waals surface area contributed by atoms with Crippen molar-refractivity contribution in [3.63, 3.8) is 0 Å². The van der Waals surface area contributed by atoms with E-state index < -0.39 is 0 Å². The van der Waals surface area contributed by atoms with E-state index in [0.29, 0.717) is 36.1 Å². The molecule has 0 bridgehead atoms. The van der Waals surface area contributed by atoms with Crippen molar-refractivity contribution in [3.8, 4) is 17.2 Å². The number of carbonyl (C=O) groups excluding carboxylic acids is 1. The molecule has 2 aromatic carbocycles. The summed E-state index contributed by atoms with van der Waals surface area (Å²) in [6.07, 6.45) is 6.11. The number of fused-ring (bicyclic) bond motifs is 2. The van der Waals surface area contributed by atoms with Crippen LogP contribution >= 0.6 is 0 Å².